The van der Waals surface area contributed by atoms with Gasteiger partial charge in [-0.15, -0.1) is 0 Å². The number of nitrogens with one attached hydrogen (secondary N) is 2. The molecule has 2 aromatic heterocycles. The van der Waals surface area contributed by atoms with Crippen LogP contribution in [0.25, 0.3) is 44.1 Å². The van der Waals surface area contributed by atoms with Crippen LogP contribution in [0.15, 0.2) is 171 Å². The number of ether oxygens (including phenoxy) is 2. The van der Waals surface area contributed by atoms with Gasteiger partial charge >= 0.3 is 0 Å². The van der Waals surface area contributed by atoms with Gasteiger partial charge in [-0.25, -0.2) is 19.9 Å². The van der Waals surface area contributed by atoms with E-state index in [0.717, 1.165) is 98.6 Å². The van der Waals surface area contributed by atoms with Crippen LogP contribution in [-0.2, 0) is 25.6 Å². The molecule has 4 heterocycles. The molecule has 380 valence electrons. The van der Waals surface area contributed by atoms with Gasteiger partial charge in [0.2, 0.25) is 28.9 Å². The van der Waals surface area contributed by atoms with Gasteiger partial charge in [0, 0.05) is 97.6 Å². The molecule has 0 bridgehead atoms. The molecule has 0 spiro atoms. The Morgan fingerprint density at radius 2 is 1.11 bits per heavy atom. The summed E-state index contributed by atoms with van der Waals surface area (Å²) >= 11 is 5.91. The Labute approximate surface area is 440 Å². The zero-order chi connectivity index (χ0) is 52.8. The Morgan fingerprint density at radius 1 is 0.640 bits per heavy atom. The summed E-state index contributed by atoms with van der Waals surface area (Å²) in [5.41, 5.74) is 14.2. The first-order chi connectivity index (χ1) is 36.3. The van der Waals surface area contributed by atoms with Crippen molar-refractivity contribution in [2.45, 2.75) is 45.3 Å². The van der Waals surface area contributed by atoms with E-state index in [4.69, 9.17) is 31.8 Å². The number of hydrogen-bond donors (Lipinski definition) is 3. The van der Waals surface area contributed by atoms with E-state index in [0.29, 0.717) is 30.9 Å². The average molecular weight is 1020 g/mol. The Kier molecular flexibility index (Phi) is 17.2. The van der Waals surface area contributed by atoms with Gasteiger partial charge in [-0.2, -0.15) is 0 Å². The van der Waals surface area contributed by atoms with Crippen molar-refractivity contribution in [2.75, 3.05) is 42.5 Å². The number of halogens is 1. The number of amides is 4. The third-order valence-corrected chi connectivity index (χ3v) is 12.6. The number of aromatic nitrogens is 4. The van der Waals surface area contributed by atoms with Gasteiger partial charge in [0.15, 0.2) is 0 Å². The number of nitrogens with two attached hydrogens (primary N) is 1. The first-order valence-electron chi connectivity index (χ1n) is 24.3. The van der Waals surface area contributed by atoms with E-state index in [1.54, 1.807) is 20.0 Å². The molecule has 0 radical (unpaired) electrons. The molecule has 2 fully saturated rings. The molecule has 0 aliphatic carbocycles. The summed E-state index contributed by atoms with van der Waals surface area (Å²) in [5.74, 6) is 2.03. The predicted molar refractivity (Wildman–Crippen MR) is 295 cm³/mol. The van der Waals surface area contributed by atoms with Crippen LogP contribution in [0, 0.1) is 0 Å². The Morgan fingerprint density at radius 3 is 1.59 bits per heavy atom. The highest BCUT2D eigenvalue weighted by molar-refractivity contribution is 6.28. The van der Waals surface area contributed by atoms with Crippen LogP contribution in [-0.4, -0.2) is 91.8 Å². The molecule has 75 heavy (non-hydrogen) atoms. The van der Waals surface area contributed by atoms with Gasteiger partial charge in [0.1, 0.15) is 29.5 Å². The Balaban J connectivity index is 0.000000166. The quantitative estimate of drug-likeness (QED) is 0.0599. The standard InChI is InChI=1S/C30H28N4O3.C17H12ClN3O.C12H16N2O2/c1-3-29(36)32-24-8-4-6-22(17-24)27-9-5-7-23-18-31-28(33-30(23)27)16-21-10-12-25(13-11-21)37-26-14-15-34(19-26)20(2)35;1-2-15(22)20-13-7-3-5-11(9-13)14-8-4-6-12-10-19-17(18)21-16(12)14;1-9(15)14-7-6-12(8-14)16-11-4-2-10(13)3-5-11/h3-13,17-18,26H,1,14-16,19H2,2H3,(H,32,36);2-10H,1H2,(H,20,22);2-5,12H,6-8,13H2,1H3/t26-;;12-/m0.0/s1. The molecule has 2 atom stereocenters. The number of anilines is 3. The molecule has 4 N–H and O–H groups in total. The van der Waals surface area contributed by atoms with E-state index in [1.807, 2.05) is 149 Å². The summed E-state index contributed by atoms with van der Waals surface area (Å²) in [6.45, 7) is 13.0. The number of fused-ring (bicyclic) bond motifs is 2. The van der Waals surface area contributed by atoms with Crippen molar-refractivity contribution in [3.63, 3.8) is 0 Å². The monoisotopic (exact) mass is 1020 g/mol. The lowest BCUT2D eigenvalue weighted by molar-refractivity contribution is -0.128. The summed E-state index contributed by atoms with van der Waals surface area (Å²) in [6.07, 6.45) is 8.48. The van der Waals surface area contributed by atoms with Crippen LogP contribution < -0.4 is 25.8 Å². The lowest BCUT2D eigenvalue weighted by atomic mass is 10.0. The normalized spacial score (nSPS) is 14.7. The molecule has 2 aliphatic heterocycles. The number of likely N-dealkylation sites (tertiary alicyclic amines) is 2. The molecule has 4 amide bonds. The summed E-state index contributed by atoms with van der Waals surface area (Å²) in [6, 6.07) is 42.3. The fourth-order valence-electron chi connectivity index (χ4n) is 8.61. The predicted octanol–water partition coefficient (Wildman–Crippen LogP) is 10.4. The molecule has 0 saturated carbocycles. The molecule has 15 nitrogen and oxygen atoms in total. The fraction of sp³-hybridized carbons (Fsp3) is 0.186. The molecular formula is C59H56ClN9O6. The van der Waals surface area contributed by atoms with Crippen molar-refractivity contribution in [1.29, 1.82) is 0 Å². The number of benzene rings is 6. The molecule has 6 aromatic carbocycles. The number of carbonyl (C=O) groups excluding carboxylic acids is 4. The molecule has 2 saturated heterocycles. The lowest BCUT2D eigenvalue weighted by Gasteiger charge is -2.15. The van der Waals surface area contributed by atoms with Crippen LogP contribution in [0.1, 0.15) is 38.1 Å². The second kappa shape index (κ2) is 24.6. The van der Waals surface area contributed by atoms with Gasteiger partial charge in [-0.05, 0) is 101 Å². The number of nitrogen functional groups attached to an aromatic ring is 1. The van der Waals surface area contributed by atoms with E-state index in [9.17, 15) is 19.2 Å². The van der Waals surface area contributed by atoms with Crippen molar-refractivity contribution in [2.24, 2.45) is 0 Å². The second-order valence-corrected chi connectivity index (χ2v) is 18.2. The van der Waals surface area contributed by atoms with Crippen LogP contribution in [0.4, 0.5) is 17.1 Å². The topological polar surface area (TPSA) is 195 Å². The third-order valence-electron chi connectivity index (χ3n) is 12.4. The van der Waals surface area contributed by atoms with Crippen molar-refractivity contribution in [3.8, 4) is 33.8 Å². The van der Waals surface area contributed by atoms with Gasteiger partial charge in [0.25, 0.3) is 0 Å². The SMILES string of the molecule is C=CC(=O)Nc1cccc(-c2cccc3cnc(Cc4ccc(O[C@H]5CCN(C(C)=O)C5)cc4)nc23)c1.C=CC(=O)Nc1cccc(-c2cccc3cnc(Cl)nc23)c1.CC(=O)N1CC[C@H](Oc2ccc(N)cc2)C1. The van der Waals surface area contributed by atoms with Crippen molar-refractivity contribution < 1.29 is 28.7 Å². The summed E-state index contributed by atoms with van der Waals surface area (Å²) in [4.78, 5) is 67.3. The maximum absolute atomic E-state index is 11.7. The first kappa shape index (κ1) is 52.4. The van der Waals surface area contributed by atoms with E-state index < -0.39 is 0 Å². The van der Waals surface area contributed by atoms with Gasteiger partial charge in [-0.3, -0.25) is 19.2 Å². The highest BCUT2D eigenvalue weighted by atomic mass is 35.5. The largest absolute Gasteiger partial charge is 0.489 e. The average Bonchev–Trinajstić information content (AvgIpc) is 4.11. The number of nitrogens with zero attached hydrogens (tertiary/aromatic N) is 6. The molecule has 10 rings (SSSR count). The maximum atomic E-state index is 11.7. The smallest absolute Gasteiger partial charge is 0.247 e. The minimum Gasteiger partial charge on any atom is -0.489 e. The van der Waals surface area contributed by atoms with Crippen LogP contribution in [0.2, 0.25) is 5.28 Å². The lowest BCUT2D eigenvalue weighted by Crippen LogP contribution is -2.28. The zero-order valence-electron chi connectivity index (χ0n) is 41.6. The molecule has 16 heteroatoms. The first-order valence-corrected chi connectivity index (χ1v) is 24.7. The van der Waals surface area contributed by atoms with Crippen molar-refractivity contribution in [3.05, 3.63) is 188 Å². The van der Waals surface area contributed by atoms with Gasteiger partial charge < -0.3 is 35.6 Å². The highest BCUT2D eigenvalue weighted by Gasteiger charge is 2.26. The van der Waals surface area contributed by atoms with Crippen LogP contribution in [0.5, 0.6) is 11.5 Å². The number of carbonyl (C=O) groups is 4. The van der Waals surface area contributed by atoms with E-state index >= 15 is 0 Å². The van der Waals surface area contributed by atoms with Crippen LogP contribution >= 0.6 is 11.6 Å². The zero-order valence-corrected chi connectivity index (χ0v) is 42.4. The van der Waals surface area contributed by atoms with E-state index in [-0.39, 0.29) is 41.1 Å². The fourth-order valence-corrected chi connectivity index (χ4v) is 8.75. The molecule has 0 unspecified atom stereocenters. The third kappa shape index (κ3) is 14.2. The summed E-state index contributed by atoms with van der Waals surface area (Å²) in [7, 11) is 0. The summed E-state index contributed by atoms with van der Waals surface area (Å²) < 4.78 is 11.8. The summed E-state index contributed by atoms with van der Waals surface area (Å²) in [5, 5.41) is 7.61. The second-order valence-electron chi connectivity index (χ2n) is 17.8. The highest BCUT2D eigenvalue weighted by Crippen LogP contribution is 2.31. The Hall–Kier alpha value is -8.95. The van der Waals surface area contributed by atoms with Crippen LogP contribution in [0.3, 0.4) is 0 Å². The van der Waals surface area contributed by atoms with Gasteiger partial charge in [0.05, 0.1) is 24.1 Å². The van der Waals surface area contributed by atoms with E-state index in [1.165, 1.54) is 12.2 Å². The van der Waals surface area contributed by atoms with Crippen molar-refractivity contribution in [1.82, 2.24) is 29.7 Å². The molecule has 8 aromatic rings. The van der Waals surface area contributed by atoms with Gasteiger partial charge in [-0.1, -0.05) is 86.0 Å². The number of rotatable bonds is 12. The maximum Gasteiger partial charge on any atom is 0.247 e. The Bertz CT molecular complexity index is 3370. The molecule has 2 aliphatic rings. The van der Waals surface area contributed by atoms with Crippen molar-refractivity contribution >= 4 is 74.1 Å². The van der Waals surface area contributed by atoms with E-state index in [2.05, 4.69) is 38.7 Å². The minimum absolute atomic E-state index is 0.0283. The number of para-hydroxylation sites is 2. The minimum atomic E-state index is -0.252. The molecular weight excluding hydrogens is 966 g/mol. The number of hydrogen-bond acceptors (Lipinski definition) is 11.